The zero-order valence-electron chi connectivity index (χ0n) is 9.38. The molecule has 1 aromatic heterocycles. The smallest absolute Gasteiger partial charge is 0.271 e. The first-order valence-electron chi connectivity index (χ1n) is 5.06. The number of hydrogen-bond acceptors (Lipinski definition) is 5. The van der Waals surface area contributed by atoms with Crippen LogP contribution in [0.25, 0.3) is 0 Å². The lowest BCUT2D eigenvalue weighted by atomic mass is 10.4. The molecule has 1 amide bonds. The van der Waals surface area contributed by atoms with Crippen LogP contribution in [0.3, 0.4) is 0 Å². The van der Waals surface area contributed by atoms with Crippen LogP contribution in [0.5, 0.6) is 0 Å². The van der Waals surface area contributed by atoms with Crippen LogP contribution in [-0.2, 0) is 10.0 Å². The van der Waals surface area contributed by atoms with Crippen LogP contribution in [-0.4, -0.2) is 43.1 Å². The van der Waals surface area contributed by atoms with Crippen molar-refractivity contribution in [3.05, 3.63) is 24.3 Å². The maximum atomic E-state index is 11.4. The number of rotatable bonds is 6. The second-order valence-electron chi connectivity index (χ2n) is 3.14. The van der Waals surface area contributed by atoms with Gasteiger partial charge in [-0.2, -0.15) is 0 Å². The number of hydrogen-bond donors (Lipinski definition) is 2. The lowest BCUT2D eigenvalue weighted by Gasteiger charge is -2.05. The number of carbonyl (C=O) groups is 1. The molecule has 7 nitrogen and oxygen atoms in total. The van der Waals surface area contributed by atoms with E-state index in [1.54, 1.807) is 6.92 Å². The van der Waals surface area contributed by atoms with Crippen LogP contribution >= 0.6 is 0 Å². The molecule has 0 aromatic carbocycles. The number of sulfonamides is 1. The van der Waals surface area contributed by atoms with Gasteiger partial charge in [-0.05, 0) is 6.92 Å². The molecular weight excluding hydrogens is 244 g/mol. The number of nitrogens with one attached hydrogen (secondary N) is 2. The summed E-state index contributed by atoms with van der Waals surface area (Å²) in [7, 11) is -3.21. The summed E-state index contributed by atoms with van der Waals surface area (Å²) < 4.78 is 24.5. The molecule has 1 rings (SSSR count). The molecule has 1 heterocycles. The Morgan fingerprint density at radius 1 is 1.35 bits per heavy atom. The molecule has 0 unspecified atom stereocenters. The van der Waals surface area contributed by atoms with Gasteiger partial charge in [0, 0.05) is 25.5 Å². The average Bonchev–Trinajstić information content (AvgIpc) is 2.35. The van der Waals surface area contributed by atoms with Crippen LogP contribution in [0.2, 0.25) is 0 Å². The number of aromatic nitrogens is 2. The SMILES string of the molecule is CCS(=O)(=O)NCCNC(=O)c1cnccn1. The van der Waals surface area contributed by atoms with E-state index in [0.29, 0.717) is 0 Å². The van der Waals surface area contributed by atoms with Crippen molar-refractivity contribution in [1.29, 1.82) is 0 Å². The normalized spacial score (nSPS) is 11.1. The van der Waals surface area contributed by atoms with Gasteiger partial charge in [0.05, 0.1) is 11.9 Å². The Balaban J connectivity index is 2.31. The van der Waals surface area contributed by atoms with Gasteiger partial charge in [-0.25, -0.2) is 18.1 Å². The first-order chi connectivity index (χ1) is 8.05. The van der Waals surface area contributed by atoms with Crippen molar-refractivity contribution >= 4 is 15.9 Å². The number of carbonyl (C=O) groups excluding carboxylic acids is 1. The zero-order chi connectivity index (χ0) is 12.7. The maximum absolute atomic E-state index is 11.4. The Labute approximate surface area is 99.7 Å². The summed E-state index contributed by atoms with van der Waals surface area (Å²) in [6.07, 6.45) is 4.21. The summed E-state index contributed by atoms with van der Waals surface area (Å²) in [5.41, 5.74) is 0.200. The summed E-state index contributed by atoms with van der Waals surface area (Å²) in [4.78, 5) is 19.0. The van der Waals surface area contributed by atoms with Gasteiger partial charge < -0.3 is 5.32 Å². The van der Waals surface area contributed by atoms with Gasteiger partial charge in [0.1, 0.15) is 5.69 Å². The van der Waals surface area contributed by atoms with E-state index in [0.717, 1.165) is 0 Å². The largest absolute Gasteiger partial charge is 0.349 e. The Hall–Kier alpha value is -1.54. The fourth-order valence-corrected chi connectivity index (χ4v) is 1.61. The highest BCUT2D eigenvalue weighted by Crippen LogP contribution is 1.88. The molecule has 0 spiro atoms. The van der Waals surface area contributed by atoms with E-state index in [1.165, 1.54) is 18.6 Å². The minimum absolute atomic E-state index is 0.0190. The topological polar surface area (TPSA) is 101 Å². The number of amides is 1. The van der Waals surface area contributed by atoms with Crippen molar-refractivity contribution in [2.75, 3.05) is 18.8 Å². The third kappa shape index (κ3) is 4.87. The van der Waals surface area contributed by atoms with Gasteiger partial charge >= 0.3 is 0 Å². The molecule has 1 aromatic rings. The van der Waals surface area contributed by atoms with Gasteiger partial charge in [0.25, 0.3) is 5.91 Å². The molecule has 0 aliphatic carbocycles. The van der Waals surface area contributed by atoms with Crippen molar-refractivity contribution in [2.45, 2.75) is 6.92 Å². The van der Waals surface area contributed by atoms with Crippen LogP contribution < -0.4 is 10.0 Å². The Kier molecular flexibility index (Phi) is 4.98. The van der Waals surface area contributed by atoms with E-state index in [-0.39, 0.29) is 30.4 Å². The lowest BCUT2D eigenvalue weighted by molar-refractivity contribution is 0.0949. The zero-order valence-corrected chi connectivity index (χ0v) is 10.2. The summed E-state index contributed by atoms with van der Waals surface area (Å²) in [6.45, 7) is 1.90. The van der Waals surface area contributed by atoms with Gasteiger partial charge in [-0.15, -0.1) is 0 Å². The highest BCUT2D eigenvalue weighted by Gasteiger charge is 2.07. The lowest BCUT2D eigenvalue weighted by Crippen LogP contribution is -2.35. The Morgan fingerprint density at radius 2 is 2.12 bits per heavy atom. The molecule has 0 fully saturated rings. The van der Waals surface area contributed by atoms with Crippen LogP contribution in [0.15, 0.2) is 18.6 Å². The molecular formula is C9H14N4O3S. The van der Waals surface area contributed by atoms with Gasteiger partial charge in [0.2, 0.25) is 10.0 Å². The molecule has 8 heteroatoms. The average molecular weight is 258 g/mol. The predicted octanol–water partition coefficient (Wildman–Crippen LogP) is -0.854. The molecule has 17 heavy (non-hydrogen) atoms. The van der Waals surface area contributed by atoms with E-state index >= 15 is 0 Å². The molecule has 0 radical (unpaired) electrons. The predicted molar refractivity (Wildman–Crippen MR) is 61.8 cm³/mol. The Bertz CT molecular complexity index is 460. The second kappa shape index (κ2) is 6.26. The van der Waals surface area contributed by atoms with Crippen molar-refractivity contribution in [2.24, 2.45) is 0 Å². The molecule has 0 atom stereocenters. The van der Waals surface area contributed by atoms with Gasteiger partial charge in [-0.1, -0.05) is 0 Å². The standard InChI is InChI=1S/C9H14N4O3S/c1-2-17(15,16)13-6-5-12-9(14)8-7-10-3-4-11-8/h3-4,7,13H,2,5-6H2,1H3,(H,12,14). The molecule has 0 saturated heterocycles. The summed E-state index contributed by atoms with van der Waals surface area (Å²) in [6, 6.07) is 0. The van der Waals surface area contributed by atoms with E-state index < -0.39 is 10.0 Å². The van der Waals surface area contributed by atoms with Crippen LogP contribution in [0.4, 0.5) is 0 Å². The first-order valence-corrected chi connectivity index (χ1v) is 6.72. The minimum atomic E-state index is -3.21. The van der Waals surface area contributed by atoms with Crippen molar-refractivity contribution < 1.29 is 13.2 Å². The third-order valence-electron chi connectivity index (χ3n) is 1.91. The quantitative estimate of drug-likeness (QED) is 0.647. The number of nitrogens with zero attached hydrogens (tertiary/aromatic N) is 2. The van der Waals surface area contributed by atoms with E-state index in [2.05, 4.69) is 20.0 Å². The fourth-order valence-electron chi connectivity index (χ4n) is 0.992. The van der Waals surface area contributed by atoms with E-state index in [9.17, 15) is 13.2 Å². The summed E-state index contributed by atoms with van der Waals surface area (Å²) in [5.74, 6) is -0.362. The van der Waals surface area contributed by atoms with Crippen molar-refractivity contribution in [3.63, 3.8) is 0 Å². The van der Waals surface area contributed by atoms with Crippen molar-refractivity contribution in [3.8, 4) is 0 Å². The highest BCUT2D eigenvalue weighted by molar-refractivity contribution is 7.89. The molecule has 0 saturated carbocycles. The van der Waals surface area contributed by atoms with Gasteiger partial charge in [0.15, 0.2) is 0 Å². The third-order valence-corrected chi connectivity index (χ3v) is 3.31. The second-order valence-corrected chi connectivity index (χ2v) is 5.24. The van der Waals surface area contributed by atoms with E-state index in [1.807, 2.05) is 0 Å². The Morgan fingerprint density at radius 3 is 2.71 bits per heavy atom. The molecule has 2 N–H and O–H groups in total. The molecule has 0 aliphatic heterocycles. The summed E-state index contributed by atoms with van der Waals surface area (Å²) in [5, 5.41) is 2.53. The van der Waals surface area contributed by atoms with E-state index in [4.69, 9.17) is 0 Å². The van der Waals surface area contributed by atoms with Crippen molar-refractivity contribution in [1.82, 2.24) is 20.0 Å². The summed E-state index contributed by atoms with van der Waals surface area (Å²) >= 11 is 0. The van der Waals surface area contributed by atoms with Crippen LogP contribution in [0.1, 0.15) is 17.4 Å². The monoisotopic (exact) mass is 258 g/mol. The molecule has 0 aliphatic rings. The minimum Gasteiger partial charge on any atom is -0.349 e. The fraction of sp³-hybridized carbons (Fsp3) is 0.444. The molecule has 0 bridgehead atoms. The van der Waals surface area contributed by atoms with Crippen LogP contribution in [0, 0.1) is 0 Å². The molecule has 94 valence electrons. The maximum Gasteiger partial charge on any atom is 0.271 e. The van der Waals surface area contributed by atoms with Gasteiger partial charge in [-0.3, -0.25) is 9.78 Å². The highest BCUT2D eigenvalue weighted by atomic mass is 32.2. The first kappa shape index (κ1) is 13.5.